The van der Waals surface area contributed by atoms with Crippen LogP contribution in [0.4, 0.5) is 8.78 Å². The normalized spacial score (nSPS) is 21.1. The first-order valence-corrected chi connectivity index (χ1v) is 5.92. The molecule has 1 atom stereocenters. The van der Waals surface area contributed by atoms with Crippen LogP contribution in [0.25, 0.3) is 0 Å². The van der Waals surface area contributed by atoms with Gasteiger partial charge in [-0.1, -0.05) is 18.0 Å². The number of hydrogen-bond donors (Lipinski definition) is 1. The smallest absolute Gasteiger partial charge is 0.142 e. The summed E-state index contributed by atoms with van der Waals surface area (Å²) in [6, 6.07) is 2.41. The van der Waals surface area contributed by atoms with Gasteiger partial charge in [-0.2, -0.15) is 0 Å². The summed E-state index contributed by atoms with van der Waals surface area (Å²) >= 11 is 5.77. The highest BCUT2D eigenvalue weighted by atomic mass is 35.5. The fourth-order valence-electron chi connectivity index (χ4n) is 2.10. The first kappa shape index (κ1) is 11.8. The Hall–Kier alpha value is -0.670. The van der Waals surface area contributed by atoms with Gasteiger partial charge in [0, 0.05) is 11.6 Å². The fraction of sp³-hybridized carbons (Fsp3) is 0.500. The van der Waals surface area contributed by atoms with E-state index in [1.54, 1.807) is 0 Å². The highest BCUT2D eigenvalue weighted by Gasteiger charge is 2.18. The monoisotopic (exact) mass is 245 g/mol. The van der Waals surface area contributed by atoms with Gasteiger partial charge in [0.1, 0.15) is 11.6 Å². The molecule has 4 heteroatoms. The number of hydrogen-bond acceptors (Lipinski definition) is 1. The summed E-state index contributed by atoms with van der Waals surface area (Å²) in [5, 5.41) is 3.22. The second kappa shape index (κ2) is 5.11. The van der Waals surface area contributed by atoms with E-state index in [-0.39, 0.29) is 11.1 Å². The van der Waals surface area contributed by atoms with Crippen molar-refractivity contribution in [2.24, 2.45) is 0 Å². The lowest BCUT2D eigenvalue weighted by atomic mass is 9.97. The molecule has 1 fully saturated rings. The Kier molecular flexibility index (Phi) is 3.77. The number of piperidine rings is 1. The van der Waals surface area contributed by atoms with Crippen LogP contribution in [0, 0.1) is 11.6 Å². The van der Waals surface area contributed by atoms with Crippen LogP contribution in [0.5, 0.6) is 0 Å². The molecule has 1 nitrogen and oxygen atoms in total. The molecule has 1 saturated heterocycles. The summed E-state index contributed by atoms with van der Waals surface area (Å²) < 4.78 is 26.7. The Balaban J connectivity index is 2.16. The van der Waals surface area contributed by atoms with Crippen molar-refractivity contribution >= 4 is 11.6 Å². The SMILES string of the molecule is Fc1ccc(F)c(CC2CCCCN2)c1Cl. The number of benzene rings is 1. The molecule has 1 heterocycles. The van der Waals surface area contributed by atoms with Gasteiger partial charge in [-0.3, -0.25) is 0 Å². The van der Waals surface area contributed by atoms with E-state index in [1.807, 2.05) is 0 Å². The van der Waals surface area contributed by atoms with E-state index in [0.29, 0.717) is 12.0 Å². The maximum atomic E-state index is 13.5. The lowest BCUT2D eigenvalue weighted by Gasteiger charge is -2.24. The van der Waals surface area contributed by atoms with Crippen molar-refractivity contribution in [1.29, 1.82) is 0 Å². The summed E-state index contributed by atoms with van der Waals surface area (Å²) in [4.78, 5) is 0. The van der Waals surface area contributed by atoms with Crippen molar-refractivity contribution in [2.75, 3.05) is 6.54 Å². The lowest BCUT2D eigenvalue weighted by Crippen LogP contribution is -2.35. The molecule has 1 unspecified atom stereocenters. The van der Waals surface area contributed by atoms with Gasteiger partial charge in [0.15, 0.2) is 0 Å². The van der Waals surface area contributed by atoms with E-state index >= 15 is 0 Å². The van der Waals surface area contributed by atoms with Crippen LogP contribution in [0.3, 0.4) is 0 Å². The van der Waals surface area contributed by atoms with Gasteiger partial charge in [0.2, 0.25) is 0 Å². The first-order valence-electron chi connectivity index (χ1n) is 5.54. The van der Waals surface area contributed by atoms with Crippen LogP contribution in [-0.4, -0.2) is 12.6 Å². The summed E-state index contributed by atoms with van der Waals surface area (Å²) in [6.45, 7) is 0.944. The second-order valence-corrected chi connectivity index (χ2v) is 4.55. The highest BCUT2D eigenvalue weighted by Crippen LogP contribution is 2.25. The minimum atomic E-state index is -0.547. The predicted molar refractivity (Wildman–Crippen MR) is 60.7 cm³/mol. The van der Waals surface area contributed by atoms with E-state index in [1.165, 1.54) is 0 Å². The highest BCUT2D eigenvalue weighted by molar-refractivity contribution is 6.31. The third kappa shape index (κ3) is 2.53. The van der Waals surface area contributed by atoms with Crippen molar-refractivity contribution < 1.29 is 8.78 Å². The zero-order chi connectivity index (χ0) is 11.5. The zero-order valence-electron chi connectivity index (χ0n) is 8.90. The van der Waals surface area contributed by atoms with Gasteiger partial charge in [-0.15, -0.1) is 0 Å². The van der Waals surface area contributed by atoms with Gasteiger partial charge in [-0.05, 0) is 37.9 Å². The summed E-state index contributed by atoms with van der Waals surface area (Å²) in [6.07, 6.45) is 3.73. The molecule has 16 heavy (non-hydrogen) atoms. The average Bonchev–Trinajstić information content (AvgIpc) is 2.31. The topological polar surface area (TPSA) is 12.0 Å². The molecule has 88 valence electrons. The van der Waals surface area contributed by atoms with E-state index < -0.39 is 11.6 Å². The van der Waals surface area contributed by atoms with Crippen molar-refractivity contribution in [1.82, 2.24) is 5.32 Å². The molecule has 1 aromatic carbocycles. The van der Waals surface area contributed by atoms with Crippen LogP contribution >= 0.6 is 11.6 Å². The van der Waals surface area contributed by atoms with E-state index in [4.69, 9.17) is 11.6 Å². The van der Waals surface area contributed by atoms with E-state index in [2.05, 4.69) is 5.32 Å². The Bertz CT molecular complexity index is 376. The van der Waals surface area contributed by atoms with Crippen molar-refractivity contribution in [3.63, 3.8) is 0 Å². The molecule has 1 aliphatic heterocycles. The van der Waals surface area contributed by atoms with Crippen molar-refractivity contribution in [2.45, 2.75) is 31.7 Å². The Morgan fingerprint density at radius 1 is 1.25 bits per heavy atom. The summed E-state index contributed by atoms with van der Waals surface area (Å²) in [5.41, 5.74) is 0.293. The molecule has 0 saturated carbocycles. The lowest BCUT2D eigenvalue weighted by molar-refractivity contribution is 0.394. The second-order valence-electron chi connectivity index (χ2n) is 4.17. The van der Waals surface area contributed by atoms with E-state index in [9.17, 15) is 8.78 Å². The molecule has 0 bridgehead atoms. The third-order valence-corrected chi connectivity index (χ3v) is 3.41. The van der Waals surface area contributed by atoms with Gasteiger partial charge in [0.05, 0.1) is 5.02 Å². The minimum Gasteiger partial charge on any atom is -0.314 e. The largest absolute Gasteiger partial charge is 0.314 e. The predicted octanol–water partition coefficient (Wildman–Crippen LogP) is 3.30. The molecule has 1 aromatic rings. The minimum absolute atomic E-state index is 0.0765. The Morgan fingerprint density at radius 3 is 2.69 bits per heavy atom. The summed E-state index contributed by atoms with van der Waals surface area (Å²) in [5.74, 6) is -0.965. The van der Waals surface area contributed by atoms with E-state index in [0.717, 1.165) is 37.9 Å². The molecule has 0 spiro atoms. The molecule has 0 aliphatic carbocycles. The third-order valence-electron chi connectivity index (χ3n) is 3.00. The van der Waals surface area contributed by atoms with Crippen molar-refractivity contribution in [3.05, 3.63) is 34.4 Å². The quantitative estimate of drug-likeness (QED) is 0.789. The maximum absolute atomic E-state index is 13.5. The molecule has 2 rings (SSSR count). The summed E-state index contributed by atoms with van der Waals surface area (Å²) in [7, 11) is 0. The maximum Gasteiger partial charge on any atom is 0.142 e. The van der Waals surface area contributed by atoms with Gasteiger partial charge in [0.25, 0.3) is 0 Å². The van der Waals surface area contributed by atoms with Gasteiger partial charge < -0.3 is 5.32 Å². The van der Waals surface area contributed by atoms with Crippen LogP contribution in [0.1, 0.15) is 24.8 Å². The van der Waals surface area contributed by atoms with Crippen molar-refractivity contribution in [3.8, 4) is 0 Å². The molecule has 0 radical (unpaired) electrons. The van der Waals surface area contributed by atoms with Gasteiger partial charge >= 0.3 is 0 Å². The first-order chi connectivity index (χ1) is 7.68. The van der Waals surface area contributed by atoms with Crippen LogP contribution in [0.15, 0.2) is 12.1 Å². The average molecular weight is 246 g/mol. The number of nitrogens with one attached hydrogen (secondary N) is 1. The molecule has 1 N–H and O–H groups in total. The van der Waals surface area contributed by atoms with Crippen LogP contribution < -0.4 is 5.32 Å². The number of halogens is 3. The van der Waals surface area contributed by atoms with Crippen LogP contribution in [0.2, 0.25) is 5.02 Å². The van der Waals surface area contributed by atoms with Crippen LogP contribution in [-0.2, 0) is 6.42 Å². The zero-order valence-corrected chi connectivity index (χ0v) is 9.66. The standard InChI is InChI=1S/C12H14ClF2N/c13-12-9(10(14)4-5-11(12)15)7-8-3-1-2-6-16-8/h4-5,8,16H,1-3,6-7H2. The molecular formula is C12H14ClF2N. The Morgan fingerprint density at radius 2 is 2.00 bits per heavy atom. The molecule has 0 amide bonds. The Labute approximate surface area is 98.8 Å². The fourth-order valence-corrected chi connectivity index (χ4v) is 2.33. The molecule has 1 aliphatic rings. The number of rotatable bonds is 2. The van der Waals surface area contributed by atoms with Gasteiger partial charge in [-0.25, -0.2) is 8.78 Å². The molecular weight excluding hydrogens is 232 g/mol. The molecule has 0 aromatic heterocycles.